The number of methoxy groups -OCH3 is 1. The number of benzene rings is 2. The number of halogens is 1. The van der Waals surface area contributed by atoms with Crippen molar-refractivity contribution in [2.45, 2.75) is 6.54 Å². The first kappa shape index (κ1) is 17.7. The average Bonchev–Trinajstić information content (AvgIpc) is 3.14. The van der Waals surface area contributed by atoms with Gasteiger partial charge < -0.3 is 10.1 Å². The number of fused-ring (bicyclic) bond motifs is 1. The number of hydrogen-bond acceptors (Lipinski definition) is 4. The summed E-state index contributed by atoms with van der Waals surface area (Å²) in [5, 5.41) is 11.0. The van der Waals surface area contributed by atoms with Gasteiger partial charge in [-0.3, -0.25) is 14.9 Å². The first-order valence-corrected chi connectivity index (χ1v) is 8.65. The second-order valence-electron chi connectivity index (χ2n) is 6.22. The van der Waals surface area contributed by atoms with E-state index in [0.717, 1.165) is 16.5 Å². The number of hydrogen-bond donors (Lipinski definition) is 2. The Hall–Kier alpha value is -3.74. The molecular formula is C21H17FN4O2. The van der Waals surface area contributed by atoms with E-state index >= 15 is 0 Å². The fraction of sp³-hybridized carbons (Fsp3) is 0.0952. The van der Waals surface area contributed by atoms with Crippen LogP contribution >= 0.6 is 0 Å². The smallest absolute Gasteiger partial charge is 0.253 e. The summed E-state index contributed by atoms with van der Waals surface area (Å²) < 4.78 is 19.1. The number of aromatic amines is 1. The van der Waals surface area contributed by atoms with Crippen LogP contribution in [0.3, 0.4) is 0 Å². The number of nitrogens with zero attached hydrogens (tertiary/aromatic N) is 2. The van der Waals surface area contributed by atoms with Gasteiger partial charge in [0.15, 0.2) is 0 Å². The molecule has 0 unspecified atom stereocenters. The summed E-state index contributed by atoms with van der Waals surface area (Å²) in [6.07, 6.45) is 3.12. The molecule has 0 atom stereocenters. The van der Waals surface area contributed by atoms with Crippen LogP contribution in [-0.4, -0.2) is 28.2 Å². The van der Waals surface area contributed by atoms with E-state index in [2.05, 4.69) is 20.5 Å². The van der Waals surface area contributed by atoms with Crippen LogP contribution < -0.4 is 10.1 Å². The maximum Gasteiger partial charge on any atom is 0.253 e. The molecule has 2 heterocycles. The number of H-pyrrole nitrogens is 1. The van der Waals surface area contributed by atoms with Crippen LogP contribution in [0.2, 0.25) is 0 Å². The first-order chi connectivity index (χ1) is 13.7. The molecule has 4 rings (SSSR count). The number of ether oxygens (including phenoxy) is 1. The maximum atomic E-state index is 13.6. The number of rotatable bonds is 5. The third-order valence-electron chi connectivity index (χ3n) is 4.43. The third kappa shape index (κ3) is 3.42. The fourth-order valence-electron chi connectivity index (χ4n) is 3.05. The molecule has 2 aromatic heterocycles. The first-order valence-electron chi connectivity index (χ1n) is 8.65. The molecule has 140 valence electrons. The van der Waals surface area contributed by atoms with Crippen LogP contribution in [0.25, 0.3) is 22.2 Å². The lowest BCUT2D eigenvalue weighted by Gasteiger charge is -2.11. The Balaban J connectivity index is 1.67. The molecule has 0 aliphatic carbocycles. The Morgan fingerprint density at radius 1 is 1.21 bits per heavy atom. The minimum Gasteiger partial charge on any atom is -0.496 e. The van der Waals surface area contributed by atoms with Gasteiger partial charge in [-0.2, -0.15) is 5.10 Å². The molecule has 0 spiro atoms. The highest BCUT2D eigenvalue weighted by atomic mass is 19.1. The van der Waals surface area contributed by atoms with Gasteiger partial charge in [0.1, 0.15) is 17.3 Å². The Kier molecular flexibility index (Phi) is 4.72. The molecule has 0 bridgehead atoms. The van der Waals surface area contributed by atoms with Gasteiger partial charge in [0, 0.05) is 41.5 Å². The summed E-state index contributed by atoms with van der Waals surface area (Å²) in [5.74, 6) is 0.0624. The highest BCUT2D eigenvalue weighted by Gasteiger charge is 2.14. The van der Waals surface area contributed by atoms with Crippen LogP contribution in [0.1, 0.15) is 15.9 Å². The van der Waals surface area contributed by atoms with Crippen molar-refractivity contribution in [1.29, 1.82) is 0 Å². The van der Waals surface area contributed by atoms with E-state index in [1.54, 1.807) is 37.6 Å². The predicted molar refractivity (Wildman–Crippen MR) is 103 cm³/mol. The van der Waals surface area contributed by atoms with Crippen molar-refractivity contribution in [3.63, 3.8) is 0 Å². The summed E-state index contributed by atoms with van der Waals surface area (Å²) in [7, 11) is 1.57. The van der Waals surface area contributed by atoms with Gasteiger partial charge in [0.05, 0.1) is 18.2 Å². The van der Waals surface area contributed by atoms with E-state index in [-0.39, 0.29) is 18.3 Å². The summed E-state index contributed by atoms with van der Waals surface area (Å²) in [4.78, 5) is 16.3. The van der Waals surface area contributed by atoms with Gasteiger partial charge in [-0.25, -0.2) is 4.39 Å². The molecule has 0 aliphatic rings. The molecular weight excluding hydrogens is 359 g/mol. The van der Waals surface area contributed by atoms with E-state index in [1.165, 1.54) is 18.3 Å². The van der Waals surface area contributed by atoms with Gasteiger partial charge in [-0.1, -0.05) is 12.1 Å². The highest BCUT2D eigenvalue weighted by Crippen LogP contribution is 2.31. The number of aromatic nitrogens is 3. The molecule has 0 radical (unpaired) electrons. The summed E-state index contributed by atoms with van der Waals surface area (Å²) in [6, 6.07) is 13.4. The van der Waals surface area contributed by atoms with E-state index in [9.17, 15) is 9.18 Å². The number of carbonyl (C=O) groups is 1. The maximum absolute atomic E-state index is 13.6. The van der Waals surface area contributed by atoms with Crippen molar-refractivity contribution >= 4 is 16.8 Å². The minimum absolute atomic E-state index is 0.229. The lowest BCUT2D eigenvalue weighted by Crippen LogP contribution is -2.23. The number of amides is 1. The van der Waals surface area contributed by atoms with Crippen LogP contribution in [-0.2, 0) is 6.54 Å². The number of carbonyl (C=O) groups excluding carboxylic acids is 1. The predicted octanol–water partition coefficient (Wildman–Crippen LogP) is 3.70. The van der Waals surface area contributed by atoms with Crippen molar-refractivity contribution in [3.8, 4) is 17.0 Å². The lowest BCUT2D eigenvalue weighted by molar-refractivity contribution is 0.0950. The highest BCUT2D eigenvalue weighted by molar-refractivity contribution is 5.95. The number of nitrogens with one attached hydrogen (secondary N) is 2. The summed E-state index contributed by atoms with van der Waals surface area (Å²) in [6.45, 7) is 0.264. The summed E-state index contributed by atoms with van der Waals surface area (Å²) in [5.41, 5.74) is 3.33. The van der Waals surface area contributed by atoms with Gasteiger partial charge >= 0.3 is 0 Å². The van der Waals surface area contributed by atoms with Crippen molar-refractivity contribution in [3.05, 3.63) is 77.9 Å². The number of pyridine rings is 1. The topological polar surface area (TPSA) is 79.9 Å². The third-order valence-corrected chi connectivity index (χ3v) is 4.43. The second-order valence-corrected chi connectivity index (χ2v) is 6.22. The molecule has 1 amide bonds. The summed E-state index contributed by atoms with van der Waals surface area (Å²) >= 11 is 0. The molecule has 0 aliphatic heterocycles. The Morgan fingerprint density at radius 2 is 2.11 bits per heavy atom. The van der Waals surface area contributed by atoms with Gasteiger partial charge in [-0.05, 0) is 30.3 Å². The SMILES string of the molecule is COc1cc2[nH]nc(-c3cccc(F)c3)c2cc1CNC(=O)c1cccnc1. The van der Waals surface area contributed by atoms with Crippen molar-refractivity contribution < 1.29 is 13.9 Å². The van der Waals surface area contributed by atoms with Gasteiger partial charge in [0.2, 0.25) is 0 Å². The molecule has 28 heavy (non-hydrogen) atoms. The largest absolute Gasteiger partial charge is 0.496 e. The van der Waals surface area contributed by atoms with Crippen molar-refractivity contribution in [2.24, 2.45) is 0 Å². The van der Waals surface area contributed by atoms with E-state index in [0.29, 0.717) is 22.6 Å². The van der Waals surface area contributed by atoms with E-state index < -0.39 is 0 Å². The van der Waals surface area contributed by atoms with Crippen LogP contribution in [0.4, 0.5) is 4.39 Å². The van der Waals surface area contributed by atoms with Gasteiger partial charge in [0.25, 0.3) is 5.91 Å². The molecule has 2 aromatic carbocycles. The molecule has 6 nitrogen and oxygen atoms in total. The monoisotopic (exact) mass is 376 g/mol. The Bertz CT molecular complexity index is 1140. The normalized spacial score (nSPS) is 10.8. The average molecular weight is 376 g/mol. The molecule has 0 saturated carbocycles. The molecule has 0 fully saturated rings. The fourth-order valence-corrected chi connectivity index (χ4v) is 3.05. The zero-order valence-electron chi connectivity index (χ0n) is 15.1. The molecule has 2 N–H and O–H groups in total. The standard InChI is InChI=1S/C21H17FN4O2/c1-28-19-10-18-17(20(26-25-18)13-4-2-6-16(22)8-13)9-15(19)12-24-21(27)14-5-3-7-23-11-14/h2-11H,12H2,1H3,(H,24,27)(H,25,26). The molecule has 7 heteroatoms. The van der Waals surface area contributed by atoms with Crippen LogP contribution in [0.5, 0.6) is 5.75 Å². The van der Waals surface area contributed by atoms with Crippen LogP contribution in [0, 0.1) is 5.82 Å². The van der Waals surface area contributed by atoms with Crippen LogP contribution in [0.15, 0.2) is 60.9 Å². The lowest BCUT2D eigenvalue weighted by atomic mass is 10.0. The van der Waals surface area contributed by atoms with E-state index in [1.807, 2.05) is 12.1 Å². The second kappa shape index (κ2) is 7.48. The Morgan fingerprint density at radius 3 is 2.86 bits per heavy atom. The molecule has 0 saturated heterocycles. The molecule has 4 aromatic rings. The van der Waals surface area contributed by atoms with Crippen molar-refractivity contribution in [2.75, 3.05) is 7.11 Å². The van der Waals surface area contributed by atoms with E-state index in [4.69, 9.17) is 4.74 Å². The Labute approximate surface area is 160 Å². The zero-order valence-corrected chi connectivity index (χ0v) is 15.1. The zero-order chi connectivity index (χ0) is 19.5. The van der Waals surface area contributed by atoms with Gasteiger partial charge in [-0.15, -0.1) is 0 Å². The van der Waals surface area contributed by atoms with Crippen molar-refractivity contribution in [1.82, 2.24) is 20.5 Å². The minimum atomic E-state index is -0.328. The quantitative estimate of drug-likeness (QED) is 0.557.